The number of carbonyl (C=O) groups excluding carboxylic acids is 1. The van der Waals surface area contributed by atoms with Gasteiger partial charge in [0.15, 0.2) is 0 Å². The van der Waals surface area contributed by atoms with Crippen molar-refractivity contribution in [1.82, 2.24) is 9.80 Å². The molecule has 3 aliphatic carbocycles. The average molecular weight is 391 g/mol. The molecule has 0 radical (unpaired) electrons. The van der Waals surface area contributed by atoms with Gasteiger partial charge in [0.05, 0.1) is 5.60 Å². The van der Waals surface area contributed by atoms with Gasteiger partial charge in [0, 0.05) is 26.1 Å². The second-order valence-corrected chi connectivity index (χ2v) is 11.7. The molecule has 0 spiro atoms. The lowest BCUT2D eigenvalue weighted by Crippen LogP contribution is -2.62. The Bertz CT molecular complexity index is 632. The monoisotopic (exact) mass is 390 g/mol. The molecule has 4 rings (SSSR count). The Labute approximate surface area is 172 Å². The van der Waals surface area contributed by atoms with Crippen molar-refractivity contribution in [3.8, 4) is 0 Å². The third-order valence-electron chi connectivity index (χ3n) is 9.94. The van der Waals surface area contributed by atoms with E-state index in [4.69, 9.17) is 0 Å². The zero-order valence-corrected chi connectivity index (χ0v) is 19.0. The molecule has 4 aliphatic rings. The number of hydrogen-bond acceptors (Lipinski definition) is 3. The Morgan fingerprint density at radius 3 is 2.43 bits per heavy atom. The SMILES string of the molecule is CN(C)CC(C)(O)[C@H]1CCC2C3CCC4N(C)C(=O)CC[C@]4(C)C3CC[C@@]21C. The van der Waals surface area contributed by atoms with E-state index in [1.54, 1.807) is 0 Å². The van der Waals surface area contributed by atoms with Crippen LogP contribution in [0.2, 0.25) is 0 Å². The van der Waals surface area contributed by atoms with Crippen LogP contribution < -0.4 is 0 Å². The van der Waals surface area contributed by atoms with Crippen molar-refractivity contribution in [1.29, 1.82) is 0 Å². The van der Waals surface area contributed by atoms with Gasteiger partial charge in [-0.3, -0.25) is 4.79 Å². The standard InChI is InChI=1S/C24H42N2O2/c1-22-13-11-18-16(7-10-20-23(18,2)14-12-21(27)26(20)6)17(22)8-9-19(22)24(3,28)15-25(4)5/h16-20,28H,7-15H2,1-6H3/t16?,17?,18?,19-,20?,22-,23+,24?/m0/s1. The van der Waals surface area contributed by atoms with Gasteiger partial charge in [-0.05, 0) is 100 Å². The van der Waals surface area contributed by atoms with Crippen molar-refractivity contribution in [2.24, 2.45) is 34.5 Å². The van der Waals surface area contributed by atoms with Crippen LogP contribution >= 0.6 is 0 Å². The first-order valence-corrected chi connectivity index (χ1v) is 11.6. The van der Waals surface area contributed by atoms with Crippen LogP contribution in [-0.2, 0) is 4.79 Å². The molecule has 1 N–H and O–H groups in total. The fraction of sp³-hybridized carbons (Fsp3) is 0.958. The van der Waals surface area contributed by atoms with Crippen molar-refractivity contribution in [2.75, 3.05) is 27.7 Å². The number of piperidine rings is 1. The molecule has 1 heterocycles. The number of carbonyl (C=O) groups is 1. The number of amides is 1. The summed E-state index contributed by atoms with van der Waals surface area (Å²) in [5.41, 5.74) is -0.0597. The van der Waals surface area contributed by atoms with E-state index in [0.29, 0.717) is 17.9 Å². The average Bonchev–Trinajstić information content (AvgIpc) is 2.95. The quantitative estimate of drug-likeness (QED) is 0.797. The first kappa shape index (κ1) is 20.7. The molecule has 1 amide bonds. The van der Waals surface area contributed by atoms with Gasteiger partial charge >= 0.3 is 0 Å². The highest BCUT2D eigenvalue weighted by molar-refractivity contribution is 5.77. The summed E-state index contributed by atoms with van der Waals surface area (Å²) in [5.74, 6) is 3.02. The Kier molecular flexibility index (Phi) is 4.94. The summed E-state index contributed by atoms with van der Waals surface area (Å²) < 4.78 is 0. The van der Waals surface area contributed by atoms with E-state index in [1.165, 1.54) is 38.5 Å². The van der Waals surface area contributed by atoms with E-state index < -0.39 is 5.60 Å². The zero-order valence-electron chi connectivity index (χ0n) is 19.0. The number of rotatable bonds is 3. The topological polar surface area (TPSA) is 43.8 Å². The lowest BCUT2D eigenvalue weighted by molar-refractivity contribution is -0.163. The molecule has 3 saturated carbocycles. The van der Waals surface area contributed by atoms with E-state index in [9.17, 15) is 9.90 Å². The van der Waals surface area contributed by atoms with E-state index >= 15 is 0 Å². The van der Waals surface area contributed by atoms with Crippen molar-refractivity contribution >= 4 is 5.91 Å². The number of nitrogens with zero attached hydrogens (tertiary/aromatic N) is 2. The molecule has 1 saturated heterocycles. The minimum absolute atomic E-state index is 0.264. The lowest BCUT2D eigenvalue weighted by Gasteiger charge is -2.62. The highest BCUT2D eigenvalue weighted by Gasteiger charge is 2.63. The molecule has 160 valence electrons. The molecule has 4 nitrogen and oxygen atoms in total. The number of fused-ring (bicyclic) bond motifs is 5. The molecule has 4 fully saturated rings. The maximum absolute atomic E-state index is 12.3. The summed E-state index contributed by atoms with van der Waals surface area (Å²) in [6.07, 6.45) is 9.22. The first-order valence-electron chi connectivity index (χ1n) is 11.6. The van der Waals surface area contributed by atoms with Gasteiger partial charge in [-0.2, -0.15) is 0 Å². The normalized spacial score (nSPS) is 48.1. The summed E-state index contributed by atoms with van der Waals surface area (Å²) >= 11 is 0. The summed E-state index contributed by atoms with van der Waals surface area (Å²) in [6, 6.07) is 0.438. The van der Waals surface area contributed by atoms with Crippen LogP contribution in [0.3, 0.4) is 0 Å². The maximum atomic E-state index is 12.3. The van der Waals surface area contributed by atoms with Gasteiger partial charge in [0.25, 0.3) is 0 Å². The fourth-order valence-corrected chi connectivity index (χ4v) is 8.92. The third-order valence-corrected chi connectivity index (χ3v) is 9.94. The molecular formula is C24H42N2O2. The van der Waals surface area contributed by atoms with Gasteiger partial charge < -0.3 is 14.9 Å². The molecule has 5 unspecified atom stereocenters. The maximum Gasteiger partial charge on any atom is 0.222 e. The molecule has 0 aromatic carbocycles. The Balaban J connectivity index is 1.59. The van der Waals surface area contributed by atoms with Crippen LogP contribution in [0.4, 0.5) is 0 Å². The molecule has 4 heteroatoms. The van der Waals surface area contributed by atoms with Gasteiger partial charge in [-0.15, -0.1) is 0 Å². The summed E-state index contributed by atoms with van der Waals surface area (Å²) in [7, 11) is 6.19. The summed E-state index contributed by atoms with van der Waals surface area (Å²) in [6.45, 7) is 7.83. The number of likely N-dealkylation sites (N-methyl/N-ethyl adjacent to an activating group) is 1. The highest BCUT2D eigenvalue weighted by Crippen LogP contribution is 2.67. The van der Waals surface area contributed by atoms with Crippen LogP contribution in [0, 0.1) is 34.5 Å². The van der Waals surface area contributed by atoms with Crippen LogP contribution in [0.15, 0.2) is 0 Å². The smallest absolute Gasteiger partial charge is 0.222 e. The zero-order chi connectivity index (χ0) is 20.5. The Morgan fingerprint density at radius 1 is 1.07 bits per heavy atom. The molecule has 1 aliphatic heterocycles. The lowest BCUT2D eigenvalue weighted by atomic mass is 9.46. The third kappa shape index (κ3) is 2.88. The predicted octanol–water partition coefficient (Wildman–Crippen LogP) is 3.78. The predicted molar refractivity (Wildman–Crippen MR) is 113 cm³/mol. The van der Waals surface area contributed by atoms with E-state index in [2.05, 4.69) is 44.7 Å². The van der Waals surface area contributed by atoms with Crippen LogP contribution in [0.1, 0.15) is 72.1 Å². The van der Waals surface area contributed by atoms with E-state index in [-0.39, 0.29) is 10.8 Å². The summed E-state index contributed by atoms with van der Waals surface area (Å²) in [4.78, 5) is 16.6. The molecule has 0 aromatic heterocycles. The van der Waals surface area contributed by atoms with Crippen LogP contribution in [-0.4, -0.2) is 60.1 Å². The van der Waals surface area contributed by atoms with Crippen LogP contribution in [0.5, 0.6) is 0 Å². The van der Waals surface area contributed by atoms with Crippen molar-refractivity contribution < 1.29 is 9.90 Å². The van der Waals surface area contributed by atoms with E-state index in [0.717, 1.165) is 37.1 Å². The minimum atomic E-state index is -0.613. The largest absolute Gasteiger partial charge is 0.389 e. The number of hydrogen-bond donors (Lipinski definition) is 1. The molecular weight excluding hydrogens is 348 g/mol. The molecule has 0 bridgehead atoms. The molecule has 8 atom stereocenters. The second kappa shape index (κ2) is 6.70. The summed E-state index contributed by atoms with van der Waals surface area (Å²) in [5, 5.41) is 11.4. The Morgan fingerprint density at radius 2 is 1.75 bits per heavy atom. The van der Waals surface area contributed by atoms with Gasteiger partial charge in [-0.25, -0.2) is 0 Å². The van der Waals surface area contributed by atoms with Crippen molar-refractivity contribution in [2.45, 2.75) is 83.8 Å². The van der Waals surface area contributed by atoms with Crippen LogP contribution in [0.25, 0.3) is 0 Å². The van der Waals surface area contributed by atoms with Gasteiger partial charge in [-0.1, -0.05) is 13.8 Å². The first-order chi connectivity index (χ1) is 13.0. The minimum Gasteiger partial charge on any atom is -0.389 e. The van der Waals surface area contributed by atoms with Crippen molar-refractivity contribution in [3.05, 3.63) is 0 Å². The highest BCUT2D eigenvalue weighted by atomic mass is 16.3. The van der Waals surface area contributed by atoms with Gasteiger partial charge in [0.1, 0.15) is 0 Å². The number of likely N-dealkylation sites (tertiary alicyclic amines) is 1. The number of aliphatic hydroxyl groups is 1. The second-order valence-electron chi connectivity index (χ2n) is 11.7. The van der Waals surface area contributed by atoms with E-state index in [1.807, 2.05) is 7.05 Å². The molecule has 0 aromatic rings. The fourth-order valence-electron chi connectivity index (χ4n) is 8.92. The van der Waals surface area contributed by atoms with Gasteiger partial charge in [0.2, 0.25) is 5.91 Å². The Hall–Kier alpha value is -0.610. The molecule has 28 heavy (non-hydrogen) atoms. The van der Waals surface area contributed by atoms with Crippen molar-refractivity contribution in [3.63, 3.8) is 0 Å².